The number of carbonyl (C=O) groups is 2. The van der Waals surface area contributed by atoms with Gasteiger partial charge >= 0.3 is 12.1 Å². The Morgan fingerprint density at radius 3 is 2.54 bits per heavy atom. The third-order valence-electron chi connectivity index (χ3n) is 11.3. The molecule has 2 aliphatic heterocycles. The van der Waals surface area contributed by atoms with Crippen LogP contribution in [0.1, 0.15) is 61.5 Å². The summed E-state index contributed by atoms with van der Waals surface area (Å²) in [6.45, 7) is 5.32. The van der Waals surface area contributed by atoms with Crippen molar-refractivity contribution in [3.8, 4) is 17.0 Å². The molecule has 0 spiro atoms. The molecule has 274 valence electrons. The summed E-state index contributed by atoms with van der Waals surface area (Å²) in [6.07, 6.45) is 4.08. The van der Waals surface area contributed by atoms with E-state index in [-0.39, 0.29) is 41.9 Å². The minimum absolute atomic E-state index is 0.0255. The molecule has 2 aliphatic carbocycles. The lowest BCUT2D eigenvalue weighted by Gasteiger charge is -2.33. The van der Waals surface area contributed by atoms with Gasteiger partial charge in [-0.1, -0.05) is 6.92 Å². The zero-order chi connectivity index (χ0) is 36.2. The molecule has 5 heterocycles. The fraction of sp³-hybridized carbons (Fsp3) is 0.500. The standard InChI is InChI=1S/C38H41F3N6O5/c1-22-13-23-15-25(14-22)37(17-23,35(49)50)45-34(48)29-5-6-31(44-33(29)38(39,40)41)30-19-47(18-24-20-51-21-24)32-16-27(3-4-28(30)32)52-26-7-11-46(12-8-26)36-42-9-2-10-43-36/h2-6,9-10,16,19,22-26H,7-8,11-15,17-18,20-21H2,1H3,(H,45,48)(H,49,50). The van der Waals surface area contributed by atoms with Crippen LogP contribution in [0, 0.1) is 23.7 Å². The second kappa shape index (κ2) is 13.4. The van der Waals surface area contributed by atoms with E-state index in [1.807, 2.05) is 29.7 Å². The molecule has 2 bridgehead atoms. The molecule has 52 heavy (non-hydrogen) atoms. The van der Waals surface area contributed by atoms with Gasteiger partial charge in [0.1, 0.15) is 17.4 Å². The second-order valence-corrected chi connectivity index (χ2v) is 15.0. The van der Waals surface area contributed by atoms with E-state index in [4.69, 9.17) is 9.47 Å². The molecule has 4 atom stereocenters. The number of carboxylic acids is 1. The van der Waals surface area contributed by atoms with Crippen LogP contribution >= 0.6 is 0 Å². The number of hydrogen-bond acceptors (Lipinski definition) is 8. The smallest absolute Gasteiger partial charge is 0.434 e. The molecule has 4 aliphatic rings. The van der Waals surface area contributed by atoms with Crippen LogP contribution in [-0.2, 0) is 22.3 Å². The Morgan fingerprint density at radius 1 is 1.08 bits per heavy atom. The highest BCUT2D eigenvalue weighted by Gasteiger charge is 2.56. The number of nitrogens with zero attached hydrogens (tertiary/aromatic N) is 5. The molecule has 8 rings (SSSR count). The minimum atomic E-state index is -4.97. The number of hydrogen-bond donors (Lipinski definition) is 2. The first-order chi connectivity index (χ1) is 25.0. The summed E-state index contributed by atoms with van der Waals surface area (Å²) in [4.78, 5) is 41.1. The summed E-state index contributed by atoms with van der Waals surface area (Å²) in [7, 11) is 0. The van der Waals surface area contributed by atoms with Gasteiger partial charge in [0, 0.05) is 74.0 Å². The summed E-state index contributed by atoms with van der Waals surface area (Å²) in [5.74, 6) is -0.644. The second-order valence-electron chi connectivity index (χ2n) is 15.0. The van der Waals surface area contributed by atoms with Crippen LogP contribution < -0.4 is 15.0 Å². The highest BCUT2D eigenvalue weighted by Crippen LogP contribution is 2.51. The van der Waals surface area contributed by atoms with Crippen molar-refractivity contribution < 1.29 is 37.3 Å². The van der Waals surface area contributed by atoms with Gasteiger partial charge in [-0.05, 0) is 73.8 Å². The Morgan fingerprint density at radius 2 is 1.85 bits per heavy atom. The third-order valence-corrected chi connectivity index (χ3v) is 11.3. The van der Waals surface area contributed by atoms with Crippen LogP contribution in [0.3, 0.4) is 0 Å². The Balaban J connectivity index is 1.08. The van der Waals surface area contributed by atoms with E-state index in [2.05, 4.69) is 25.2 Å². The topological polar surface area (TPSA) is 132 Å². The van der Waals surface area contributed by atoms with Crippen LogP contribution in [0.4, 0.5) is 19.1 Å². The number of anilines is 1. The largest absolute Gasteiger partial charge is 0.490 e. The summed E-state index contributed by atoms with van der Waals surface area (Å²) in [5, 5.41) is 13.6. The number of fused-ring (bicyclic) bond motifs is 3. The monoisotopic (exact) mass is 718 g/mol. The number of ether oxygens (including phenoxy) is 2. The molecule has 14 heteroatoms. The van der Waals surface area contributed by atoms with E-state index in [1.54, 1.807) is 24.7 Å². The fourth-order valence-corrected chi connectivity index (χ4v) is 8.87. The van der Waals surface area contributed by atoms with Crippen molar-refractivity contribution >= 4 is 28.7 Å². The van der Waals surface area contributed by atoms with Crippen molar-refractivity contribution in [3.05, 3.63) is 66.2 Å². The molecule has 4 fully saturated rings. The lowest BCUT2D eigenvalue weighted by Crippen LogP contribution is -2.57. The number of halogens is 3. The molecule has 4 unspecified atom stereocenters. The van der Waals surface area contributed by atoms with E-state index in [1.165, 1.54) is 6.07 Å². The van der Waals surface area contributed by atoms with Crippen LogP contribution in [0.25, 0.3) is 22.2 Å². The SMILES string of the molecule is CC1CC2CC(C1)C(NC(=O)c1ccc(-c3cn(CC4COC4)c4cc(OC5CCN(c6ncccn6)CC5)ccc34)nc1C(F)(F)F)(C(=O)O)C2. The lowest BCUT2D eigenvalue weighted by atomic mass is 9.78. The van der Waals surface area contributed by atoms with Gasteiger partial charge in [-0.15, -0.1) is 0 Å². The van der Waals surface area contributed by atoms with Crippen LogP contribution in [0.2, 0.25) is 0 Å². The summed E-state index contributed by atoms with van der Waals surface area (Å²) < 4.78 is 57.9. The number of nitrogens with one attached hydrogen (secondary N) is 1. The van der Waals surface area contributed by atoms with Gasteiger partial charge in [-0.2, -0.15) is 13.2 Å². The molecule has 4 aromatic rings. The number of pyridine rings is 1. The number of carbonyl (C=O) groups excluding carboxylic acids is 1. The van der Waals surface area contributed by atoms with Crippen molar-refractivity contribution in [2.75, 3.05) is 31.2 Å². The van der Waals surface area contributed by atoms with Crippen molar-refractivity contribution in [1.82, 2.24) is 24.8 Å². The number of piperidine rings is 1. The van der Waals surface area contributed by atoms with E-state index >= 15 is 0 Å². The maximum absolute atomic E-state index is 14.7. The number of aliphatic carboxylic acids is 1. The molecule has 2 N–H and O–H groups in total. The van der Waals surface area contributed by atoms with E-state index in [0.717, 1.165) is 43.9 Å². The van der Waals surface area contributed by atoms with Gasteiger partial charge in [-0.25, -0.2) is 19.7 Å². The normalized spacial score (nSPS) is 25.2. The molecule has 1 aromatic carbocycles. The molecule has 11 nitrogen and oxygen atoms in total. The molecular weight excluding hydrogens is 677 g/mol. The van der Waals surface area contributed by atoms with Crippen LogP contribution in [0.15, 0.2) is 55.0 Å². The number of rotatable bonds is 9. The predicted molar refractivity (Wildman–Crippen MR) is 185 cm³/mol. The number of aromatic nitrogens is 4. The average molecular weight is 719 g/mol. The summed E-state index contributed by atoms with van der Waals surface area (Å²) in [6, 6.07) is 9.90. The zero-order valence-electron chi connectivity index (χ0n) is 28.8. The maximum Gasteiger partial charge on any atom is 0.434 e. The zero-order valence-corrected chi connectivity index (χ0v) is 28.8. The third kappa shape index (κ3) is 6.45. The number of carboxylic acid groups (broad SMARTS) is 1. The van der Waals surface area contributed by atoms with E-state index in [9.17, 15) is 27.9 Å². The summed E-state index contributed by atoms with van der Waals surface area (Å²) >= 11 is 0. The highest BCUT2D eigenvalue weighted by molar-refractivity contribution is 6.00. The number of amides is 1. The van der Waals surface area contributed by atoms with Crippen LogP contribution in [0.5, 0.6) is 5.75 Å². The summed E-state index contributed by atoms with van der Waals surface area (Å²) in [5.41, 5.74) is -2.33. The predicted octanol–water partition coefficient (Wildman–Crippen LogP) is 6.22. The van der Waals surface area contributed by atoms with Gasteiger partial charge < -0.3 is 29.4 Å². The Bertz CT molecular complexity index is 1980. The van der Waals surface area contributed by atoms with Gasteiger partial charge in [0.25, 0.3) is 5.91 Å². The highest BCUT2D eigenvalue weighted by atomic mass is 19.4. The van der Waals surface area contributed by atoms with E-state index < -0.39 is 34.8 Å². The Hall–Kier alpha value is -4.72. The van der Waals surface area contributed by atoms with E-state index in [0.29, 0.717) is 55.2 Å². The molecule has 3 aromatic heterocycles. The van der Waals surface area contributed by atoms with Gasteiger partial charge in [0.05, 0.1) is 30.0 Å². The average Bonchev–Trinajstić information content (AvgIpc) is 3.59. The van der Waals surface area contributed by atoms with Gasteiger partial charge in [0.2, 0.25) is 5.95 Å². The Kier molecular flexibility index (Phi) is 8.83. The lowest BCUT2D eigenvalue weighted by molar-refractivity contribution is -0.146. The minimum Gasteiger partial charge on any atom is -0.490 e. The number of alkyl halides is 3. The molecular formula is C38H41F3N6O5. The van der Waals surface area contributed by atoms with Crippen LogP contribution in [-0.4, -0.2) is 74.4 Å². The quantitative estimate of drug-likeness (QED) is 0.207. The molecule has 1 amide bonds. The van der Waals surface area contributed by atoms with Crippen molar-refractivity contribution in [2.45, 2.75) is 69.8 Å². The van der Waals surface area contributed by atoms with Gasteiger partial charge in [0.15, 0.2) is 5.69 Å². The van der Waals surface area contributed by atoms with Gasteiger partial charge in [-0.3, -0.25) is 4.79 Å². The molecule has 2 saturated carbocycles. The van der Waals surface area contributed by atoms with Crippen molar-refractivity contribution in [2.24, 2.45) is 23.7 Å². The first kappa shape index (κ1) is 34.4. The van der Waals surface area contributed by atoms with Crippen molar-refractivity contribution in [1.29, 1.82) is 0 Å². The van der Waals surface area contributed by atoms with Crippen molar-refractivity contribution in [3.63, 3.8) is 0 Å². The Labute approximate surface area is 298 Å². The first-order valence-electron chi connectivity index (χ1n) is 18.0. The first-order valence-corrected chi connectivity index (χ1v) is 18.0. The molecule has 2 saturated heterocycles. The maximum atomic E-state index is 14.7. The molecule has 0 radical (unpaired) electrons. The fourth-order valence-electron chi connectivity index (χ4n) is 8.87. The number of benzene rings is 1.